The second-order valence-corrected chi connectivity index (χ2v) is 5.17. The molecule has 0 spiro atoms. The van der Waals surface area contributed by atoms with Gasteiger partial charge in [0.15, 0.2) is 0 Å². The van der Waals surface area contributed by atoms with E-state index in [0.717, 1.165) is 32.1 Å². The quantitative estimate of drug-likeness (QED) is 0.840. The molecular weight excluding hydrogens is 220 g/mol. The highest BCUT2D eigenvalue weighted by molar-refractivity contribution is 5.07. The van der Waals surface area contributed by atoms with Crippen LogP contribution < -0.4 is 0 Å². The minimum atomic E-state index is -0.330. The van der Waals surface area contributed by atoms with Crippen LogP contribution in [-0.2, 0) is 16.8 Å². The first-order valence-corrected chi connectivity index (χ1v) is 6.30. The zero-order valence-electron chi connectivity index (χ0n) is 10.1. The summed E-state index contributed by atoms with van der Waals surface area (Å²) in [6, 6.07) is 0. The molecular formula is C12H18N2O3. The maximum Gasteiger partial charge on any atom is 0.229 e. The Labute approximate surface area is 100 Å². The molecule has 0 amide bonds. The van der Waals surface area contributed by atoms with Crippen LogP contribution >= 0.6 is 0 Å². The molecule has 3 rings (SSSR count). The number of aliphatic hydroxyl groups is 1. The average Bonchev–Trinajstić information content (AvgIpc) is 3.01. The predicted molar refractivity (Wildman–Crippen MR) is 59.3 cm³/mol. The molecule has 2 saturated carbocycles. The monoisotopic (exact) mass is 238 g/mol. The summed E-state index contributed by atoms with van der Waals surface area (Å²) in [5, 5.41) is 13.8. The molecule has 1 heterocycles. The molecule has 1 N–H and O–H groups in total. The molecule has 1 aromatic heterocycles. The number of methoxy groups -OCH3 is 1. The van der Waals surface area contributed by atoms with Crippen LogP contribution in [0.5, 0.6) is 0 Å². The van der Waals surface area contributed by atoms with Crippen molar-refractivity contribution in [1.29, 1.82) is 0 Å². The average molecular weight is 238 g/mol. The molecule has 2 aliphatic rings. The van der Waals surface area contributed by atoms with E-state index in [-0.39, 0.29) is 11.7 Å². The second-order valence-electron chi connectivity index (χ2n) is 5.17. The Morgan fingerprint density at radius 3 is 2.82 bits per heavy atom. The summed E-state index contributed by atoms with van der Waals surface area (Å²) in [5.74, 6) is 1.61. The van der Waals surface area contributed by atoms with Gasteiger partial charge in [0.2, 0.25) is 11.7 Å². The van der Waals surface area contributed by atoms with E-state index in [1.54, 1.807) is 7.11 Å². The van der Waals surface area contributed by atoms with Crippen LogP contribution in [0.2, 0.25) is 0 Å². The summed E-state index contributed by atoms with van der Waals surface area (Å²) in [5.41, 5.74) is -0.327. The van der Waals surface area contributed by atoms with Crippen LogP contribution in [0.25, 0.3) is 0 Å². The molecule has 0 aliphatic heterocycles. The van der Waals surface area contributed by atoms with Crippen LogP contribution in [0, 0.1) is 5.92 Å². The summed E-state index contributed by atoms with van der Waals surface area (Å²) < 4.78 is 10.7. The number of rotatable bonds is 5. The molecule has 17 heavy (non-hydrogen) atoms. The SMILES string of the molecule is COC1(c2noc(CC(O)C3CC3)n2)CCC1. The summed E-state index contributed by atoms with van der Waals surface area (Å²) in [6.45, 7) is 0. The fraction of sp³-hybridized carbons (Fsp3) is 0.833. The van der Waals surface area contributed by atoms with E-state index >= 15 is 0 Å². The van der Waals surface area contributed by atoms with Crippen LogP contribution in [0.15, 0.2) is 4.52 Å². The van der Waals surface area contributed by atoms with Crippen molar-refractivity contribution in [1.82, 2.24) is 10.1 Å². The number of ether oxygens (including phenoxy) is 1. The van der Waals surface area contributed by atoms with Crippen molar-refractivity contribution in [2.24, 2.45) is 5.92 Å². The molecule has 1 aromatic rings. The molecule has 5 nitrogen and oxygen atoms in total. The minimum absolute atomic E-state index is 0.327. The number of hydrogen-bond donors (Lipinski definition) is 1. The Bertz CT molecular complexity index is 391. The molecule has 5 heteroatoms. The fourth-order valence-electron chi connectivity index (χ4n) is 2.37. The van der Waals surface area contributed by atoms with Crippen LogP contribution in [0.1, 0.15) is 43.8 Å². The number of nitrogens with zero attached hydrogens (tertiary/aromatic N) is 2. The first kappa shape index (κ1) is 11.2. The van der Waals surface area contributed by atoms with Gasteiger partial charge < -0.3 is 14.4 Å². The smallest absolute Gasteiger partial charge is 0.229 e. The van der Waals surface area contributed by atoms with Crippen molar-refractivity contribution in [3.63, 3.8) is 0 Å². The van der Waals surface area contributed by atoms with E-state index in [2.05, 4.69) is 10.1 Å². The van der Waals surface area contributed by atoms with E-state index in [1.807, 2.05) is 0 Å². The maximum absolute atomic E-state index is 9.82. The molecule has 0 saturated heterocycles. The van der Waals surface area contributed by atoms with Crippen molar-refractivity contribution in [2.45, 2.75) is 50.2 Å². The summed E-state index contributed by atoms with van der Waals surface area (Å²) in [6.07, 6.45) is 5.42. The first-order valence-electron chi connectivity index (χ1n) is 6.30. The molecule has 0 aromatic carbocycles. The largest absolute Gasteiger partial charge is 0.392 e. The number of aliphatic hydroxyl groups excluding tert-OH is 1. The van der Waals surface area contributed by atoms with Gasteiger partial charge in [-0.3, -0.25) is 0 Å². The molecule has 2 aliphatic carbocycles. The zero-order valence-corrected chi connectivity index (χ0v) is 10.1. The van der Waals surface area contributed by atoms with E-state index in [0.29, 0.717) is 24.1 Å². The lowest BCUT2D eigenvalue weighted by molar-refractivity contribution is -0.0858. The highest BCUT2D eigenvalue weighted by Crippen LogP contribution is 2.42. The van der Waals surface area contributed by atoms with E-state index in [1.165, 1.54) is 0 Å². The highest BCUT2D eigenvalue weighted by Gasteiger charge is 2.43. The van der Waals surface area contributed by atoms with Gasteiger partial charge in [-0.1, -0.05) is 5.16 Å². The Hall–Kier alpha value is -0.940. The molecule has 0 radical (unpaired) electrons. The minimum Gasteiger partial charge on any atom is -0.392 e. The third-order valence-electron chi connectivity index (χ3n) is 3.98. The highest BCUT2D eigenvalue weighted by atomic mass is 16.5. The fourth-order valence-corrected chi connectivity index (χ4v) is 2.37. The van der Waals surface area contributed by atoms with Crippen LogP contribution in [0.3, 0.4) is 0 Å². The lowest BCUT2D eigenvalue weighted by atomic mass is 9.79. The van der Waals surface area contributed by atoms with Crippen molar-refractivity contribution < 1.29 is 14.4 Å². The lowest BCUT2D eigenvalue weighted by Gasteiger charge is -2.37. The third kappa shape index (κ3) is 1.98. The van der Waals surface area contributed by atoms with E-state index < -0.39 is 0 Å². The third-order valence-corrected chi connectivity index (χ3v) is 3.98. The van der Waals surface area contributed by atoms with Crippen molar-refractivity contribution >= 4 is 0 Å². The molecule has 1 unspecified atom stereocenters. The van der Waals surface area contributed by atoms with E-state index in [9.17, 15) is 5.11 Å². The standard InChI is InChI=1S/C12H18N2O3/c1-16-12(5-2-6-12)11-13-10(17-14-11)7-9(15)8-3-4-8/h8-9,15H,2-7H2,1H3. The van der Waals surface area contributed by atoms with Crippen molar-refractivity contribution in [3.05, 3.63) is 11.7 Å². The Morgan fingerprint density at radius 1 is 1.53 bits per heavy atom. The van der Waals surface area contributed by atoms with E-state index in [4.69, 9.17) is 9.26 Å². The lowest BCUT2D eigenvalue weighted by Crippen LogP contribution is -2.37. The zero-order chi connectivity index (χ0) is 11.9. The van der Waals surface area contributed by atoms with Gasteiger partial charge in [0.05, 0.1) is 12.5 Å². The van der Waals surface area contributed by atoms with Gasteiger partial charge in [0.25, 0.3) is 0 Å². The van der Waals surface area contributed by atoms with Crippen LogP contribution in [0.4, 0.5) is 0 Å². The van der Waals surface area contributed by atoms with Crippen LogP contribution in [-0.4, -0.2) is 28.5 Å². The Kier molecular flexibility index (Phi) is 2.67. The summed E-state index contributed by atoms with van der Waals surface area (Å²) in [7, 11) is 1.69. The first-order chi connectivity index (χ1) is 8.23. The normalized spacial score (nSPS) is 24.4. The Balaban J connectivity index is 1.69. The Morgan fingerprint density at radius 2 is 2.29 bits per heavy atom. The second kappa shape index (κ2) is 4.07. The maximum atomic E-state index is 9.82. The van der Waals surface area contributed by atoms with Crippen molar-refractivity contribution in [2.75, 3.05) is 7.11 Å². The summed E-state index contributed by atoms with van der Waals surface area (Å²) >= 11 is 0. The van der Waals surface area contributed by atoms with Gasteiger partial charge >= 0.3 is 0 Å². The number of hydrogen-bond acceptors (Lipinski definition) is 5. The van der Waals surface area contributed by atoms with Gasteiger partial charge in [0, 0.05) is 7.11 Å². The molecule has 2 fully saturated rings. The predicted octanol–water partition coefficient (Wildman–Crippen LogP) is 1.41. The van der Waals surface area contributed by atoms with Gasteiger partial charge in [-0.2, -0.15) is 4.98 Å². The number of aromatic nitrogens is 2. The molecule has 0 bridgehead atoms. The van der Waals surface area contributed by atoms with Gasteiger partial charge in [0.1, 0.15) is 5.60 Å². The van der Waals surface area contributed by atoms with Crippen molar-refractivity contribution in [3.8, 4) is 0 Å². The molecule has 1 atom stereocenters. The van der Waals surface area contributed by atoms with Gasteiger partial charge in [-0.25, -0.2) is 0 Å². The summed E-state index contributed by atoms with van der Waals surface area (Å²) in [4.78, 5) is 4.36. The van der Waals surface area contributed by atoms with Gasteiger partial charge in [-0.15, -0.1) is 0 Å². The topological polar surface area (TPSA) is 68.4 Å². The molecule has 94 valence electrons. The van der Waals surface area contributed by atoms with Gasteiger partial charge in [-0.05, 0) is 38.0 Å².